The molecule has 0 amide bonds. The Balaban J connectivity index is 3.30. The fourth-order valence-corrected chi connectivity index (χ4v) is 1.86. The molecule has 1 aromatic carbocycles. The van der Waals surface area contributed by atoms with Gasteiger partial charge in [-0.1, -0.05) is 32.9 Å². The Morgan fingerprint density at radius 3 is 2.50 bits per heavy atom. The van der Waals surface area contributed by atoms with E-state index >= 15 is 0 Å². The summed E-state index contributed by atoms with van der Waals surface area (Å²) in [5.41, 5.74) is 1.86. The van der Waals surface area contributed by atoms with Crippen molar-refractivity contribution >= 4 is 5.97 Å². The van der Waals surface area contributed by atoms with Gasteiger partial charge >= 0.3 is 5.97 Å². The number of rotatable bonds is 5. The normalized spacial score (nSPS) is 13.2. The van der Waals surface area contributed by atoms with Crippen LogP contribution in [-0.4, -0.2) is 18.2 Å². The van der Waals surface area contributed by atoms with Crippen molar-refractivity contribution in [3.63, 3.8) is 0 Å². The molecule has 0 spiro atoms. The zero-order chi connectivity index (χ0) is 13.9. The van der Waals surface area contributed by atoms with Gasteiger partial charge in [-0.3, -0.25) is 4.79 Å². The van der Waals surface area contributed by atoms with Crippen LogP contribution < -0.4 is 4.74 Å². The van der Waals surface area contributed by atoms with Gasteiger partial charge in [-0.25, -0.2) is 0 Å². The number of aliphatic carboxylic acids is 1. The summed E-state index contributed by atoms with van der Waals surface area (Å²) in [6.07, 6.45) is 0.967. The summed E-state index contributed by atoms with van der Waals surface area (Å²) in [5, 5.41) is 9.08. The van der Waals surface area contributed by atoms with Crippen LogP contribution in [0.1, 0.15) is 51.2 Å². The van der Waals surface area contributed by atoms with Crippen LogP contribution in [0, 0.1) is 0 Å². The Morgan fingerprint density at radius 2 is 2.06 bits per heavy atom. The number of benzene rings is 1. The maximum absolute atomic E-state index is 11.1. The standard InChI is InChI=1S/C15H22O3/c1-6-15(3,4)12-9-11(10(2)14(16)17)7-8-13(12)18-5/h7-10H,6H2,1-5H3,(H,16,17). The van der Waals surface area contributed by atoms with E-state index in [9.17, 15) is 4.79 Å². The molecule has 0 fully saturated rings. The molecule has 0 heterocycles. The molecule has 0 saturated carbocycles. The number of hydrogen-bond donors (Lipinski definition) is 1. The SMILES string of the molecule is CCC(C)(C)c1cc(C(C)C(=O)O)ccc1OC. The van der Waals surface area contributed by atoms with Gasteiger partial charge in [0.15, 0.2) is 0 Å². The third-order valence-corrected chi connectivity index (χ3v) is 3.71. The summed E-state index contributed by atoms with van der Waals surface area (Å²) < 4.78 is 5.38. The molecule has 0 aliphatic carbocycles. The molecule has 18 heavy (non-hydrogen) atoms. The van der Waals surface area contributed by atoms with Crippen LogP contribution in [0.25, 0.3) is 0 Å². The maximum Gasteiger partial charge on any atom is 0.310 e. The predicted molar refractivity (Wildman–Crippen MR) is 72.4 cm³/mol. The van der Waals surface area contributed by atoms with Crippen molar-refractivity contribution in [3.8, 4) is 5.75 Å². The summed E-state index contributed by atoms with van der Waals surface area (Å²) in [7, 11) is 1.64. The van der Waals surface area contributed by atoms with Crippen LogP contribution in [0.5, 0.6) is 5.75 Å². The lowest BCUT2D eigenvalue weighted by atomic mass is 9.80. The second-order valence-corrected chi connectivity index (χ2v) is 5.26. The van der Waals surface area contributed by atoms with Gasteiger partial charge in [0.2, 0.25) is 0 Å². The van der Waals surface area contributed by atoms with E-state index in [1.807, 2.05) is 18.2 Å². The second kappa shape index (κ2) is 5.42. The smallest absolute Gasteiger partial charge is 0.310 e. The average Bonchev–Trinajstić information content (AvgIpc) is 2.36. The quantitative estimate of drug-likeness (QED) is 0.869. The van der Waals surface area contributed by atoms with Gasteiger partial charge in [0.05, 0.1) is 13.0 Å². The van der Waals surface area contributed by atoms with Crippen LogP contribution in [0.2, 0.25) is 0 Å². The maximum atomic E-state index is 11.1. The van der Waals surface area contributed by atoms with Crippen molar-refractivity contribution in [2.45, 2.75) is 45.4 Å². The molecule has 3 heteroatoms. The molecular weight excluding hydrogens is 228 g/mol. The third-order valence-electron chi connectivity index (χ3n) is 3.71. The first kappa shape index (κ1) is 14.6. The topological polar surface area (TPSA) is 46.5 Å². The van der Waals surface area contributed by atoms with Gasteiger partial charge < -0.3 is 9.84 Å². The molecule has 0 aliphatic heterocycles. The highest BCUT2D eigenvalue weighted by Crippen LogP contribution is 2.36. The van der Waals surface area contributed by atoms with Crippen molar-refractivity contribution in [2.75, 3.05) is 7.11 Å². The van der Waals surface area contributed by atoms with Crippen LogP contribution >= 0.6 is 0 Å². The highest BCUT2D eigenvalue weighted by atomic mass is 16.5. The molecule has 1 aromatic rings. The van der Waals surface area contributed by atoms with Crippen LogP contribution in [0.4, 0.5) is 0 Å². The van der Waals surface area contributed by atoms with E-state index in [0.29, 0.717) is 0 Å². The highest BCUT2D eigenvalue weighted by molar-refractivity contribution is 5.75. The minimum Gasteiger partial charge on any atom is -0.496 e. The Labute approximate surface area is 109 Å². The molecule has 0 bridgehead atoms. The Hall–Kier alpha value is -1.51. The van der Waals surface area contributed by atoms with Crippen molar-refractivity contribution in [2.24, 2.45) is 0 Å². The van der Waals surface area contributed by atoms with E-state index in [0.717, 1.165) is 23.3 Å². The molecule has 1 unspecified atom stereocenters. The zero-order valence-corrected chi connectivity index (χ0v) is 11.8. The van der Waals surface area contributed by atoms with Gasteiger partial charge in [0.1, 0.15) is 5.75 Å². The first-order valence-corrected chi connectivity index (χ1v) is 6.24. The number of carboxylic acid groups (broad SMARTS) is 1. The number of ether oxygens (including phenoxy) is 1. The summed E-state index contributed by atoms with van der Waals surface area (Å²) >= 11 is 0. The lowest BCUT2D eigenvalue weighted by Crippen LogP contribution is -2.18. The Morgan fingerprint density at radius 1 is 1.44 bits per heavy atom. The van der Waals surface area contributed by atoms with E-state index in [2.05, 4.69) is 20.8 Å². The second-order valence-electron chi connectivity index (χ2n) is 5.26. The fraction of sp³-hybridized carbons (Fsp3) is 0.533. The number of carboxylic acids is 1. The van der Waals surface area contributed by atoms with Gasteiger partial charge in [-0.05, 0) is 30.4 Å². The van der Waals surface area contributed by atoms with E-state index < -0.39 is 11.9 Å². The largest absolute Gasteiger partial charge is 0.496 e. The molecule has 1 N–H and O–H groups in total. The average molecular weight is 250 g/mol. The van der Waals surface area contributed by atoms with E-state index in [-0.39, 0.29) is 5.41 Å². The fourth-order valence-electron chi connectivity index (χ4n) is 1.86. The first-order valence-electron chi connectivity index (χ1n) is 6.24. The molecule has 3 nitrogen and oxygen atoms in total. The molecule has 0 aliphatic rings. The Kier molecular flexibility index (Phi) is 4.38. The lowest BCUT2D eigenvalue weighted by Gasteiger charge is -2.26. The summed E-state index contributed by atoms with van der Waals surface area (Å²) in [6.45, 7) is 8.10. The number of hydrogen-bond acceptors (Lipinski definition) is 2. The molecular formula is C15H22O3. The van der Waals surface area contributed by atoms with Crippen LogP contribution in [0.3, 0.4) is 0 Å². The molecule has 100 valence electrons. The van der Waals surface area contributed by atoms with Gasteiger partial charge in [-0.2, -0.15) is 0 Å². The lowest BCUT2D eigenvalue weighted by molar-refractivity contribution is -0.138. The first-order chi connectivity index (χ1) is 8.33. The minimum atomic E-state index is -0.805. The van der Waals surface area contributed by atoms with Gasteiger partial charge in [-0.15, -0.1) is 0 Å². The third kappa shape index (κ3) is 2.84. The van der Waals surface area contributed by atoms with Crippen molar-refractivity contribution in [1.29, 1.82) is 0 Å². The zero-order valence-electron chi connectivity index (χ0n) is 11.8. The summed E-state index contributed by atoms with van der Waals surface area (Å²) in [6, 6.07) is 5.65. The molecule has 1 rings (SSSR count). The molecule has 1 atom stereocenters. The van der Waals surface area contributed by atoms with E-state index in [1.165, 1.54) is 0 Å². The molecule has 0 radical (unpaired) electrons. The Bertz CT molecular complexity index is 435. The monoisotopic (exact) mass is 250 g/mol. The van der Waals surface area contributed by atoms with Gasteiger partial charge in [0.25, 0.3) is 0 Å². The number of carbonyl (C=O) groups is 1. The number of methoxy groups -OCH3 is 1. The minimum absolute atomic E-state index is 0.0282. The molecule has 0 saturated heterocycles. The summed E-state index contributed by atoms with van der Waals surface area (Å²) in [5.74, 6) is -0.481. The van der Waals surface area contributed by atoms with E-state index in [4.69, 9.17) is 9.84 Å². The predicted octanol–water partition coefficient (Wildman–Crippen LogP) is 3.57. The van der Waals surface area contributed by atoms with Gasteiger partial charge in [0, 0.05) is 5.56 Å². The van der Waals surface area contributed by atoms with Crippen LogP contribution in [0.15, 0.2) is 18.2 Å². The van der Waals surface area contributed by atoms with Crippen LogP contribution in [-0.2, 0) is 10.2 Å². The van der Waals surface area contributed by atoms with Crippen molar-refractivity contribution in [3.05, 3.63) is 29.3 Å². The van der Waals surface area contributed by atoms with Crippen molar-refractivity contribution < 1.29 is 14.6 Å². The highest BCUT2D eigenvalue weighted by Gasteiger charge is 2.24. The van der Waals surface area contributed by atoms with Crippen molar-refractivity contribution in [1.82, 2.24) is 0 Å². The summed E-state index contributed by atoms with van der Waals surface area (Å²) in [4.78, 5) is 11.1. The van der Waals surface area contributed by atoms with E-state index in [1.54, 1.807) is 14.0 Å². The molecule has 0 aromatic heterocycles.